The summed E-state index contributed by atoms with van der Waals surface area (Å²) in [6.45, 7) is 3.72. The van der Waals surface area contributed by atoms with E-state index < -0.39 is 0 Å². The Bertz CT molecular complexity index is 701. The molecule has 2 aromatic rings. The van der Waals surface area contributed by atoms with Gasteiger partial charge < -0.3 is 10.2 Å². The van der Waals surface area contributed by atoms with Crippen molar-refractivity contribution in [1.29, 1.82) is 0 Å². The Balaban J connectivity index is 2.04. The minimum atomic E-state index is -0.210. The van der Waals surface area contributed by atoms with Crippen molar-refractivity contribution in [3.8, 4) is 0 Å². The molecule has 0 fully saturated rings. The number of rotatable bonds is 5. The third-order valence-electron chi connectivity index (χ3n) is 3.46. The summed E-state index contributed by atoms with van der Waals surface area (Å²) in [6, 6.07) is 14.9. The molecular weight excluding hydrogens is 312 g/mol. The molecule has 0 bridgehead atoms. The van der Waals surface area contributed by atoms with Crippen molar-refractivity contribution in [2.45, 2.75) is 20.4 Å². The fourth-order valence-electron chi connectivity index (χ4n) is 2.28. The maximum Gasteiger partial charge on any atom is 0.240 e. The van der Waals surface area contributed by atoms with E-state index in [2.05, 4.69) is 5.32 Å². The zero-order valence-electron chi connectivity index (χ0n) is 13.2. The Morgan fingerprint density at radius 1 is 1.13 bits per heavy atom. The van der Waals surface area contributed by atoms with E-state index >= 15 is 0 Å². The van der Waals surface area contributed by atoms with Crippen LogP contribution in [0.3, 0.4) is 0 Å². The van der Waals surface area contributed by atoms with Gasteiger partial charge in [-0.1, -0.05) is 41.9 Å². The van der Waals surface area contributed by atoms with Crippen molar-refractivity contribution in [2.24, 2.45) is 0 Å². The first-order valence-electron chi connectivity index (χ1n) is 7.32. The molecule has 0 spiro atoms. The molecule has 0 atom stereocenters. The van der Waals surface area contributed by atoms with Crippen LogP contribution in [0.2, 0.25) is 5.02 Å². The fourth-order valence-corrected chi connectivity index (χ4v) is 2.51. The predicted octanol–water partition coefficient (Wildman–Crippen LogP) is 3.32. The van der Waals surface area contributed by atoms with Gasteiger partial charge in [-0.25, -0.2) is 0 Å². The quantitative estimate of drug-likeness (QED) is 0.914. The van der Waals surface area contributed by atoms with Crippen LogP contribution < -0.4 is 10.2 Å². The maximum absolute atomic E-state index is 12.2. The average molecular weight is 331 g/mol. The lowest BCUT2D eigenvalue weighted by molar-refractivity contribution is -0.123. The van der Waals surface area contributed by atoms with Crippen molar-refractivity contribution in [1.82, 2.24) is 5.32 Å². The number of anilines is 1. The summed E-state index contributed by atoms with van der Waals surface area (Å²) in [5.74, 6) is -0.399. The first-order chi connectivity index (χ1) is 11.0. The Morgan fingerprint density at radius 3 is 2.43 bits per heavy atom. The number of amides is 2. The van der Waals surface area contributed by atoms with Crippen molar-refractivity contribution in [3.05, 3.63) is 64.7 Å². The molecule has 0 radical (unpaired) electrons. The lowest BCUT2D eigenvalue weighted by Crippen LogP contribution is -2.39. The van der Waals surface area contributed by atoms with Crippen molar-refractivity contribution < 1.29 is 9.59 Å². The molecular formula is C18H19ClN2O2. The highest BCUT2D eigenvalue weighted by atomic mass is 35.5. The van der Waals surface area contributed by atoms with Gasteiger partial charge in [0, 0.05) is 24.2 Å². The van der Waals surface area contributed by atoms with Crippen LogP contribution in [0.15, 0.2) is 48.5 Å². The molecule has 1 N–H and O–H groups in total. The minimum Gasteiger partial charge on any atom is -0.350 e. The first kappa shape index (κ1) is 17.0. The van der Waals surface area contributed by atoms with Crippen LogP contribution in [0.25, 0.3) is 0 Å². The molecule has 2 rings (SSSR count). The second-order valence-corrected chi connectivity index (χ2v) is 5.73. The van der Waals surface area contributed by atoms with E-state index in [1.54, 1.807) is 18.2 Å². The van der Waals surface area contributed by atoms with Gasteiger partial charge in [0.05, 0.1) is 0 Å². The molecule has 5 heteroatoms. The summed E-state index contributed by atoms with van der Waals surface area (Å²) in [5.41, 5.74) is 2.55. The van der Waals surface area contributed by atoms with Crippen LogP contribution in [-0.4, -0.2) is 18.4 Å². The SMILES string of the molecule is CC(=O)N(CC(=O)NCc1ccccc1)c1ccc(Cl)cc1C. The topological polar surface area (TPSA) is 49.4 Å². The van der Waals surface area contributed by atoms with E-state index in [0.717, 1.165) is 11.1 Å². The number of carbonyl (C=O) groups excluding carboxylic acids is 2. The monoisotopic (exact) mass is 330 g/mol. The van der Waals surface area contributed by atoms with Crippen LogP contribution in [0.1, 0.15) is 18.1 Å². The van der Waals surface area contributed by atoms with Gasteiger partial charge in [-0.2, -0.15) is 0 Å². The molecule has 0 aromatic heterocycles. The molecule has 0 heterocycles. The second kappa shape index (κ2) is 7.79. The lowest BCUT2D eigenvalue weighted by Gasteiger charge is -2.22. The number of nitrogens with one attached hydrogen (secondary N) is 1. The van der Waals surface area contributed by atoms with Crippen molar-refractivity contribution in [3.63, 3.8) is 0 Å². The van der Waals surface area contributed by atoms with Crippen LogP contribution in [0.4, 0.5) is 5.69 Å². The largest absolute Gasteiger partial charge is 0.350 e. The van der Waals surface area contributed by atoms with E-state index in [9.17, 15) is 9.59 Å². The highest BCUT2D eigenvalue weighted by molar-refractivity contribution is 6.30. The van der Waals surface area contributed by atoms with Gasteiger partial charge in [-0.15, -0.1) is 0 Å². The van der Waals surface area contributed by atoms with Crippen LogP contribution in [0, 0.1) is 6.92 Å². The molecule has 4 nitrogen and oxygen atoms in total. The highest BCUT2D eigenvalue weighted by Gasteiger charge is 2.17. The maximum atomic E-state index is 12.2. The molecule has 120 valence electrons. The summed E-state index contributed by atoms with van der Waals surface area (Å²) in [4.78, 5) is 25.5. The third kappa shape index (κ3) is 4.83. The van der Waals surface area contributed by atoms with Gasteiger partial charge in [0.15, 0.2) is 0 Å². The molecule has 0 aliphatic rings. The lowest BCUT2D eigenvalue weighted by atomic mass is 10.1. The number of nitrogens with zero attached hydrogens (tertiary/aromatic N) is 1. The van der Waals surface area contributed by atoms with Gasteiger partial charge >= 0.3 is 0 Å². The van der Waals surface area contributed by atoms with Gasteiger partial charge in [0.2, 0.25) is 11.8 Å². The summed E-state index contributed by atoms with van der Waals surface area (Å²) >= 11 is 5.94. The Hall–Kier alpha value is -2.33. The molecule has 0 aliphatic heterocycles. The molecule has 2 aromatic carbocycles. The van der Waals surface area contributed by atoms with Gasteiger partial charge in [-0.05, 0) is 36.2 Å². The Morgan fingerprint density at radius 2 is 1.83 bits per heavy atom. The van der Waals surface area contributed by atoms with E-state index in [4.69, 9.17) is 11.6 Å². The molecule has 0 unspecified atom stereocenters. The van der Waals surface area contributed by atoms with Crippen molar-refractivity contribution >= 4 is 29.1 Å². The fraction of sp³-hybridized carbons (Fsp3) is 0.222. The van der Waals surface area contributed by atoms with Crippen molar-refractivity contribution in [2.75, 3.05) is 11.4 Å². The molecule has 2 amide bonds. The Labute approximate surface area is 141 Å². The number of aryl methyl sites for hydroxylation is 1. The smallest absolute Gasteiger partial charge is 0.240 e. The first-order valence-corrected chi connectivity index (χ1v) is 7.70. The highest BCUT2D eigenvalue weighted by Crippen LogP contribution is 2.23. The van der Waals surface area contributed by atoms with Gasteiger partial charge in [0.25, 0.3) is 0 Å². The zero-order valence-corrected chi connectivity index (χ0v) is 13.9. The second-order valence-electron chi connectivity index (χ2n) is 5.30. The normalized spacial score (nSPS) is 10.2. The Kier molecular flexibility index (Phi) is 5.77. The summed E-state index contributed by atoms with van der Waals surface area (Å²) < 4.78 is 0. The number of benzene rings is 2. The summed E-state index contributed by atoms with van der Waals surface area (Å²) in [5, 5.41) is 3.43. The summed E-state index contributed by atoms with van der Waals surface area (Å²) in [6.07, 6.45) is 0. The third-order valence-corrected chi connectivity index (χ3v) is 3.70. The van der Waals surface area contributed by atoms with E-state index in [0.29, 0.717) is 17.3 Å². The molecule has 0 aliphatic carbocycles. The molecule has 23 heavy (non-hydrogen) atoms. The molecule has 0 saturated heterocycles. The van der Waals surface area contributed by atoms with E-state index in [1.807, 2.05) is 37.3 Å². The predicted molar refractivity (Wildman–Crippen MR) is 92.5 cm³/mol. The zero-order chi connectivity index (χ0) is 16.8. The minimum absolute atomic E-state index is 0.0232. The number of carbonyl (C=O) groups is 2. The standard InChI is InChI=1S/C18H19ClN2O2/c1-13-10-16(19)8-9-17(13)21(14(2)22)12-18(23)20-11-15-6-4-3-5-7-15/h3-10H,11-12H2,1-2H3,(H,20,23). The van der Waals surface area contributed by atoms with Crippen LogP contribution in [0.5, 0.6) is 0 Å². The average Bonchev–Trinajstić information content (AvgIpc) is 2.52. The van der Waals surface area contributed by atoms with Gasteiger partial charge in [0.1, 0.15) is 6.54 Å². The molecule has 0 saturated carbocycles. The number of halogens is 1. The van der Waals surface area contributed by atoms with E-state index in [1.165, 1.54) is 11.8 Å². The van der Waals surface area contributed by atoms with E-state index in [-0.39, 0.29) is 18.4 Å². The van der Waals surface area contributed by atoms with Crippen LogP contribution in [-0.2, 0) is 16.1 Å². The number of hydrogen-bond acceptors (Lipinski definition) is 2. The summed E-state index contributed by atoms with van der Waals surface area (Å²) in [7, 11) is 0. The van der Waals surface area contributed by atoms with Crippen LogP contribution >= 0.6 is 11.6 Å². The van der Waals surface area contributed by atoms with Gasteiger partial charge in [-0.3, -0.25) is 9.59 Å². The number of hydrogen-bond donors (Lipinski definition) is 1.